The minimum atomic E-state index is -4.67. The Morgan fingerprint density at radius 2 is 1.00 bits per heavy atom. The van der Waals surface area contributed by atoms with Gasteiger partial charge in [-0.05, 0) is 0 Å². The van der Waals surface area contributed by atoms with Crippen LogP contribution in [-0.4, -0.2) is 52.8 Å². The lowest BCUT2D eigenvalue weighted by Crippen LogP contribution is -2.14. The fourth-order valence-corrected chi connectivity index (χ4v) is 0. The molecule has 0 unspecified atom stereocenters. The van der Waals surface area contributed by atoms with Crippen molar-refractivity contribution in [1.82, 2.24) is 0 Å². The molecule has 15 heavy (non-hydrogen) atoms. The van der Waals surface area contributed by atoms with Gasteiger partial charge in [-0.15, -0.1) is 0 Å². The Hall–Kier alpha value is -1.27. The minimum Gasteiger partial charge on any atom is -0.387 e. The van der Waals surface area contributed by atoms with E-state index in [4.69, 9.17) is 27.7 Å². The topological polar surface area (TPSA) is 201 Å². The van der Waals surface area contributed by atoms with Gasteiger partial charge in [0.1, 0.15) is 13.2 Å². The van der Waals surface area contributed by atoms with E-state index in [0.29, 0.717) is 0 Å². The first-order chi connectivity index (χ1) is 6.54. The number of amides is 2. The van der Waals surface area contributed by atoms with Crippen LogP contribution in [0.5, 0.6) is 0 Å². The van der Waals surface area contributed by atoms with Crippen LogP contribution in [0.15, 0.2) is 0 Å². The number of primary amides is 2. The van der Waals surface area contributed by atoms with Crippen molar-refractivity contribution in [3.8, 4) is 0 Å². The molecule has 0 saturated heterocycles. The zero-order valence-corrected chi connectivity index (χ0v) is 8.22. The van der Waals surface area contributed by atoms with Crippen LogP contribution in [0.3, 0.4) is 0 Å². The maximum atomic E-state index is 9.34. The van der Waals surface area contributed by atoms with Crippen LogP contribution in [0, 0.1) is 0 Å². The number of carbonyl (C=O) groups is 2. The summed E-state index contributed by atoms with van der Waals surface area (Å²) >= 11 is 0. The maximum absolute atomic E-state index is 9.34. The Bertz CT molecular complexity index is 250. The number of aliphatic hydroxyl groups excluding tert-OH is 2. The summed E-state index contributed by atoms with van der Waals surface area (Å²) in [6, 6.07) is 0. The second kappa shape index (κ2) is 10.8. The first kappa shape index (κ1) is 19.3. The molecule has 0 aliphatic carbocycles. The molecule has 0 bridgehead atoms. The number of hydrogen-bond acceptors (Lipinski definition) is 6. The molecule has 0 radical (unpaired) electrons. The number of rotatable bonds is 2. The van der Waals surface area contributed by atoms with Crippen LogP contribution >= 0.6 is 0 Å². The Morgan fingerprint density at radius 3 is 1.00 bits per heavy atom. The summed E-state index contributed by atoms with van der Waals surface area (Å²) in [7, 11) is -4.67. The van der Waals surface area contributed by atoms with Gasteiger partial charge in [0, 0.05) is 0 Å². The van der Waals surface area contributed by atoms with Crippen molar-refractivity contribution in [2.75, 3.05) is 13.2 Å². The second-order valence-corrected chi connectivity index (χ2v) is 2.59. The van der Waals surface area contributed by atoms with E-state index in [0.717, 1.165) is 0 Å². The Labute approximate surface area is 85.1 Å². The quantitative estimate of drug-likeness (QED) is 0.267. The Morgan fingerprint density at radius 1 is 0.933 bits per heavy atom. The number of nitrogens with two attached hydrogens (primary N) is 2. The van der Waals surface area contributed by atoms with Gasteiger partial charge in [-0.2, -0.15) is 8.42 Å². The van der Waals surface area contributed by atoms with Gasteiger partial charge in [0.2, 0.25) is 11.8 Å². The standard InChI is InChI=1S/2C2H5NO2.H2O4S/c2*3-2(5)1-4;1-5(2,3)4/h2*4H,1H2,(H2,3,5);(H2,1,2,3,4). The number of carbonyl (C=O) groups excluding carboxylic acids is 2. The van der Waals surface area contributed by atoms with Crippen LogP contribution in [0.1, 0.15) is 0 Å². The predicted octanol–water partition coefficient (Wildman–Crippen LogP) is -3.72. The fraction of sp³-hybridized carbons (Fsp3) is 0.500. The molecule has 11 heteroatoms. The Balaban J connectivity index is -0.000000144. The summed E-state index contributed by atoms with van der Waals surface area (Å²) in [5, 5.41) is 15.3. The van der Waals surface area contributed by atoms with Crippen LogP contribution in [0.2, 0.25) is 0 Å². The van der Waals surface area contributed by atoms with Gasteiger partial charge < -0.3 is 21.7 Å². The molecule has 0 aromatic heterocycles. The van der Waals surface area contributed by atoms with E-state index >= 15 is 0 Å². The second-order valence-electron chi connectivity index (χ2n) is 1.70. The van der Waals surface area contributed by atoms with Crippen molar-refractivity contribution >= 4 is 22.2 Å². The van der Waals surface area contributed by atoms with Gasteiger partial charge in [0.05, 0.1) is 0 Å². The van der Waals surface area contributed by atoms with Crippen molar-refractivity contribution in [1.29, 1.82) is 0 Å². The summed E-state index contributed by atoms with van der Waals surface area (Å²) in [4.78, 5) is 18.7. The molecule has 8 N–H and O–H groups in total. The molecular weight excluding hydrogens is 236 g/mol. The third-order valence-electron chi connectivity index (χ3n) is 0.312. The van der Waals surface area contributed by atoms with E-state index in [9.17, 15) is 9.59 Å². The molecule has 0 rings (SSSR count). The minimum absolute atomic E-state index is 0.556. The third kappa shape index (κ3) is 197. The van der Waals surface area contributed by atoms with E-state index < -0.39 is 35.4 Å². The highest BCUT2D eigenvalue weighted by molar-refractivity contribution is 7.79. The monoisotopic (exact) mass is 248 g/mol. The molecule has 0 aliphatic heterocycles. The lowest BCUT2D eigenvalue weighted by Gasteiger charge is -1.73. The molecule has 0 aromatic carbocycles. The molecule has 0 atom stereocenters. The van der Waals surface area contributed by atoms with Gasteiger partial charge >= 0.3 is 10.4 Å². The summed E-state index contributed by atoms with van der Waals surface area (Å²) in [5.41, 5.74) is 8.81. The van der Waals surface area contributed by atoms with E-state index in [2.05, 4.69) is 11.5 Å². The van der Waals surface area contributed by atoms with E-state index in [-0.39, 0.29) is 0 Å². The van der Waals surface area contributed by atoms with E-state index in [1.165, 1.54) is 0 Å². The van der Waals surface area contributed by atoms with Crippen LogP contribution in [0.4, 0.5) is 0 Å². The zero-order valence-electron chi connectivity index (χ0n) is 7.40. The van der Waals surface area contributed by atoms with Crippen molar-refractivity contribution in [3.63, 3.8) is 0 Å². The van der Waals surface area contributed by atoms with E-state index in [1.54, 1.807) is 0 Å². The normalized spacial score (nSPS) is 8.80. The Kier molecular flexibility index (Phi) is 13.9. The smallest absolute Gasteiger partial charge is 0.387 e. The molecule has 2 amide bonds. The zero-order chi connectivity index (χ0) is 13.1. The molecule has 0 aromatic rings. The summed E-state index contributed by atoms with van der Waals surface area (Å²) in [5.74, 6) is -1.38. The highest BCUT2D eigenvalue weighted by Gasteiger charge is 1.84. The first-order valence-corrected chi connectivity index (χ1v) is 4.42. The molecule has 0 aliphatic rings. The van der Waals surface area contributed by atoms with Crippen molar-refractivity contribution in [2.45, 2.75) is 0 Å². The fourth-order valence-electron chi connectivity index (χ4n) is 0. The molecule has 0 spiro atoms. The third-order valence-corrected chi connectivity index (χ3v) is 0.312. The van der Waals surface area contributed by atoms with Gasteiger partial charge in [0.25, 0.3) is 0 Å². The van der Waals surface area contributed by atoms with Gasteiger partial charge in [-0.3, -0.25) is 18.7 Å². The average molecular weight is 248 g/mol. The summed E-state index contributed by atoms with van der Waals surface area (Å²) in [6.07, 6.45) is 0. The highest BCUT2D eigenvalue weighted by Crippen LogP contribution is 1.59. The molecule has 10 nitrogen and oxygen atoms in total. The molecule has 0 fully saturated rings. The van der Waals surface area contributed by atoms with Gasteiger partial charge in [-0.1, -0.05) is 0 Å². The van der Waals surface area contributed by atoms with Gasteiger partial charge in [0.15, 0.2) is 0 Å². The lowest BCUT2D eigenvalue weighted by atomic mass is 10.7. The number of aliphatic hydroxyl groups is 2. The van der Waals surface area contributed by atoms with Crippen molar-refractivity contribution in [2.24, 2.45) is 11.5 Å². The van der Waals surface area contributed by atoms with Crippen LogP contribution in [0.25, 0.3) is 0 Å². The summed E-state index contributed by atoms with van der Waals surface area (Å²) < 4.78 is 31.6. The van der Waals surface area contributed by atoms with Crippen molar-refractivity contribution < 1.29 is 37.3 Å². The highest BCUT2D eigenvalue weighted by atomic mass is 32.3. The largest absolute Gasteiger partial charge is 0.394 e. The molecular formula is C4H12N2O8S. The lowest BCUT2D eigenvalue weighted by molar-refractivity contribution is -0.121. The first-order valence-electron chi connectivity index (χ1n) is 3.02. The average Bonchev–Trinajstić information content (AvgIpc) is 2.02. The molecule has 92 valence electrons. The van der Waals surface area contributed by atoms with Crippen LogP contribution < -0.4 is 11.5 Å². The summed E-state index contributed by atoms with van der Waals surface area (Å²) in [6.45, 7) is -1.11. The van der Waals surface area contributed by atoms with Gasteiger partial charge in [-0.25, -0.2) is 0 Å². The predicted molar refractivity (Wildman–Crippen MR) is 46.7 cm³/mol. The molecule has 0 heterocycles. The van der Waals surface area contributed by atoms with Crippen LogP contribution in [-0.2, 0) is 20.0 Å². The van der Waals surface area contributed by atoms with Crippen molar-refractivity contribution in [3.05, 3.63) is 0 Å². The SMILES string of the molecule is NC(=O)CO.NC(=O)CO.O=S(=O)(O)O. The molecule has 0 saturated carbocycles. The number of hydrogen-bond donors (Lipinski definition) is 6. The van der Waals surface area contributed by atoms with E-state index in [1.807, 2.05) is 0 Å². The maximum Gasteiger partial charge on any atom is 0.394 e.